The molecule has 1 N–H and O–H groups in total. The van der Waals surface area contributed by atoms with E-state index in [9.17, 15) is 4.79 Å². The SMILES string of the molecule is O=C(NCC1CCC(Cl)C1)c1cccc(I)c1. The Morgan fingerprint density at radius 3 is 2.94 bits per heavy atom. The lowest BCUT2D eigenvalue weighted by Gasteiger charge is -2.10. The molecule has 1 aliphatic rings. The third kappa shape index (κ3) is 3.85. The fourth-order valence-corrected chi connectivity index (χ4v) is 3.09. The Bertz CT molecular complexity index is 410. The number of rotatable bonds is 3. The molecule has 2 rings (SSSR count). The van der Waals surface area contributed by atoms with Gasteiger partial charge in [0.1, 0.15) is 0 Å². The predicted molar refractivity (Wildman–Crippen MR) is 78.5 cm³/mol. The number of hydrogen-bond acceptors (Lipinski definition) is 1. The van der Waals surface area contributed by atoms with Crippen LogP contribution in [0.3, 0.4) is 0 Å². The van der Waals surface area contributed by atoms with Gasteiger partial charge in [-0.15, -0.1) is 11.6 Å². The van der Waals surface area contributed by atoms with Crippen molar-refractivity contribution in [3.63, 3.8) is 0 Å². The fraction of sp³-hybridized carbons (Fsp3) is 0.462. The molecule has 4 heteroatoms. The summed E-state index contributed by atoms with van der Waals surface area (Å²) in [6.07, 6.45) is 3.22. The average molecular weight is 364 g/mol. The highest BCUT2D eigenvalue weighted by Gasteiger charge is 2.23. The number of benzene rings is 1. The van der Waals surface area contributed by atoms with Crippen LogP contribution < -0.4 is 5.32 Å². The first-order valence-corrected chi connectivity index (χ1v) is 7.34. The minimum atomic E-state index is 0.0153. The molecule has 1 saturated carbocycles. The quantitative estimate of drug-likeness (QED) is 0.647. The maximum absolute atomic E-state index is 11.9. The average Bonchev–Trinajstić information content (AvgIpc) is 2.72. The van der Waals surface area contributed by atoms with E-state index in [-0.39, 0.29) is 5.91 Å². The molecule has 0 bridgehead atoms. The minimum absolute atomic E-state index is 0.0153. The van der Waals surface area contributed by atoms with Crippen molar-refractivity contribution in [3.8, 4) is 0 Å². The molecule has 0 aliphatic heterocycles. The molecule has 1 aliphatic carbocycles. The molecule has 2 nitrogen and oxygen atoms in total. The molecule has 0 spiro atoms. The van der Waals surface area contributed by atoms with Crippen molar-refractivity contribution >= 4 is 40.1 Å². The number of amides is 1. The van der Waals surface area contributed by atoms with Crippen molar-refractivity contribution in [2.24, 2.45) is 5.92 Å². The Hall–Kier alpha value is -0.290. The van der Waals surface area contributed by atoms with Gasteiger partial charge in [-0.1, -0.05) is 6.07 Å². The van der Waals surface area contributed by atoms with Crippen LogP contribution in [0.1, 0.15) is 29.6 Å². The molecule has 0 heterocycles. The molecule has 92 valence electrons. The van der Waals surface area contributed by atoms with Crippen LogP contribution in [0.25, 0.3) is 0 Å². The third-order valence-electron chi connectivity index (χ3n) is 3.12. The lowest BCUT2D eigenvalue weighted by molar-refractivity contribution is 0.0947. The van der Waals surface area contributed by atoms with Crippen molar-refractivity contribution in [2.75, 3.05) is 6.54 Å². The van der Waals surface area contributed by atoms with Gasteiger partial charge in [0.25, 0.3) is 5.91 Å². The zero-order valence-corrected chi connectivity index (χ0v) is 12.4. The lowest BCUT2D eigenvalue weighted by Crippen LogP contribution is -2.28. The molecule has 1 aromatic carbocycles. The molecule has 0 radical (unpaired) electrons. The van der Waals surface area contributed by atoms with E-state index in [4.69, 9.17) is 11.6 Å². The molecule has 2 atom stereocenters. The Labute approximate surface area is 120 Å². The van der Waals surface area contributed by atoms with Crippen LogP contribution in [0, 0.1) is 9.49 Å². The summed E-state index contributed by atoms with van der Waals surface area (Å²) in [4.78, 5) is 11.9. The fourth-order valence-electron chi connectivity index (χ4n) is 2.17. The van der Waals surface area contributed by atoms with Crippen molar-refractivity contribution in [1.82, 2.24) is 5.32 Å². The van der Waals surface area contributed by atoms with Gasteiger partial charge in [-0.2, -0.15) is 0 Å². The van der Waals surface area contributed by atoms with E-state index in [2.05, 4.69) is 27.9 Å². The third-order valence-corrected chi connectivity index (χ3v) is 4.18. The van der Waals surface area contributed by atoms with Gasteiger partial charge in [-0.05, 0) is 66.0 Å². The predicted octanol–water partition coefficient (Wildman–Crippen LogP) is 3.43. The first kappa shape index (κ1) is 13.1. The highest BCUT2D eigenvalue weighted by molar-refractivity contribution is 14.1. The molecule has 0 saturated heterocycles. The van der Waals surface area contributed by atoms with Gasteiger partial charge in [0.15, 0.2) is 0 Å². The second-order valence-corrected chi connectivity index (χ2v) is 6.36. The number of nitrogens with one attached hydrogen (secondary N) is 1. The molecule has 0 aromatic heterocycles. The van der Waals surface area contributed by atoms with Gasteiger partial charge in [0.05, 0.1) is 0 Å². The van der Waals surface area contributed by atoms with Crippen molar-refractivity contribution in [3.05, 3.63) is 33.4 Å². The summed E-state index contributed by atoms with van der Waals surface area (Å²) < 4.78 is 1.08. The van der Waals surface area contributed by atoms with E-state index >= 15 is 0 Å². The summed E-state index contributed by atoms with van der Waals surface area (Å²) in [5.74, 6) is 0.561. The van der Waals surface area contributed by atoms with Crippen molar-refractivity contribution in [1.29, 1.82) is 0 Å². The maximum atomic E-state index is 11.9. The van der Waals surface area contributed by atoms with Crippen LogP contribution in [-0.2, 0) is 0 Å². The first-order valence-electron chi connectivity index (χ1n) is 5.83. The standard InChI is InChI=1S/C13H15ClINO/c14-11-5-4-9(6-11)8-16-13(17)10-2-1-3-12(15)7-10/h1-3,7,9,11H,4-6,8H2,(H,16,17). The molecule has 1 amide bonds. The topological polar surface area (TPSA) is 29.1 Å². The van der Waals surface area contributed by atoms with E-state index in [1.807, 2.05) is 24.3 Å². The number of halogens is 2. The summed E-state index contributed by atoms with van der Waals surface area (Å²) in [5, 5.41) is 3.29. The monoisotopic (exact) mass is 363 g/mol. The summed E-state index contributed by atoms with van der Waals surface area (Å²) >= 11 is 8.26. The number of carbonyl (C=O) groups is 1. The van der Waals surface area contributed by atoms with Crippen LogP contribution >= 0.6 is 34.2 Å². The van der Waals surface area contributed by atoms with Crippen molar-refractivity contribution in [2.45, 2.75) is 24.6 Å². The van der Waals surface area contributed by atoms with Crippen molar-refractivity contribution < 1.29 is 4.79 Å². The van der Waals surface area contributed by atoms with Crippen LogP contribution in [-0.4, -0.2) is 17.8 Å². The zero-order valence-electron chi connectivity index (χ0n) is 9.46. The van der Waals surface area contributed by atoms with E-state index in [1.165, 1.54) is 0 Å². The van der Waals surface area contributed by atoms with Gasteiger partial charge < -0.3 is 5.32 Å². The van der Waals surface area contributed by atoms with E-state index < -0.39 is 0 Å². The van der Waals surface area contributed by atoms with Crippen LogP contribution in [0.4, 0.5) is 0 Å². The van der Waals surface area contributed by atoms with E-state index in [0.29, 0.717) is 11.3 Å². The number of hydrogen-bond donors (Lipinski definition) is 1. The second kappa shape index (κ2) is 6.05. The van der Waals surface area contributed by atoms with Crippen LogP contribution in [0.2, 0.25) is 0 Å². The smallest absolute Gasteiger partial charge is 0.251 e. The largest absolute Gasteiger partial charge is 0.352 e. The molecular weight excluding hydrogens is 349 g/mol. The molecule has 1 aromatic rings. The highest BCUT2D eigenvalue weighted by atomic mass is 127. The Balaban J connectivity index is 1.85. The Morgan fingerprint density at radius 1 is 1.47 bits per heavy atom. The summed E-state index contributed by atoms with van der Waals surface area (Å²) in [5.41, 5.74) is 0.734. The molecule has 17 heavy (non-hydrogen) atoms. The minimum Gasteiger partial charge on any atom is -0.352 e. The maximum Gasteiger partial charge on any atom is 0.251 e. The van der Waals surface area contributed by atoms with E-state index in [0.717, 1.165) is 34.9 Å². The van der Waals surface area contributed by atoms with Crippen LogP contribution in [0.15, 0.2) is 24.3 Å². The van der Waals surface area contributed by atoms with E-state index in [1.54, 1.807) is 0 Å². The molecule has 1 fully saturated rings. The molecule has 2 unspecified atom stereocenters. The lowest BCUT2D eigenvalue weighted by atomic mass is 10.1. The summed E-state index contributed by atoms with van der Waals surface area (Å²) in [6, 6.07) is 7.62. The number of alkyl halides is 1. The summed E-state index contributed by atoms with van der Waals surface area (Å²) in [6.45, 7) is 0.744. The normalized spacial score (nSPS) is 23.6. The van der Waals surface area contributed by atoms with Gasteiger partial charge in [0.2, 0.25) is 0 Å². The summed E-state index contributed by atoms with van der Waals surface area (Å²) in [7, 11) is 0. The van der Waals surface area contributed by atoms with Gasteiger partial charge in [-0.25, -0.2) is 0 Å². The van der Waals surface area contributed by atoms with Gasteiger partial charge in [-0.3, -0.25) is 4.79 Å². The van der Waals surface area contributed by atoms with Gasteiger partial charge >= 0.3 is 0 Å². The van der Waals surface area contributed by atoms with Crippen LogP contribution in [0.5, 0.6) is 0 Å². The Morgan fingerprint density at radius 2 is 2.29 bits per heavy atom. The van der Waals surface area contributed by atoms with Gasteiger partial charge in [0, 0.05) is 21.1 Å². The Kier molecular flexibility index (Phi) is 4.68. The highest BCUT2D eigenvalue weighted by Crippen LogP contribution is 2.28. The number of carbonyl (C=O) groups excluding carboxylic acids is 1. The second-order valence-electron chi connectivity index (χ2n) is 4.50. The first-order chi connectivity index (χ1) is 8.15. The zero-order chi connectivity index (χ0) is 12.3. The molecular formula is C13H15ClINO.